The van der Waals surface area contributed by atoms with Crippen LogP contribution in [0.25, 0.3) is 11.0 Å². The second kappa shape index (κ2) is 7.04. The van der Waals surface area contributed by atoms with Gasteiger partial charge < -0.3 is 14.3 Å². The maximum atomic E-state index is 13.2. The van der Waals surface area contributed by atoms with E-state index in [1.54, 1.807) is 18.4 Å². The predicted molar refractivity (Wildman–Crippen MR) is 101 cm³/mol. The highest BCUT2D eigenvalue weighted by atomic mass is 19.1. The molecule has 26 heavy (non-hydrogen) atoms. The van der Waals surface area contributed by atoms with E-state index < -0.39 is 0 Å². The minimum Gasteiger partial charge on any atom is -0.467 e. The van der Waals surface area contributed by atoms with E-state index in [1.807, 2.05) is 12.1 Å². The van der Waals surface area contributed by atoms with Crippen LogP contribution in [0, 0.1) is 5.82 Å². The van der Waals surface area contributed by atoms with Gasteiger partial charge in [0.25, 0.3) is 0 Å². The highest BCUT2D eigenvalue weighted by Crippen LogP contribution is 2.23. The van der Waals surface area contributed by atoms with Crippen LogP contribution in [0.5, 0.6) is 0 Å². The van der Waals surface area contributed by atoms with Crippen molar-refractivity contribution in [3.63, 3.8) is 0 Å². The van der Waals surface area contributed by atoms with Crippen molar-refractivity contribution < 1.29 is 8.81 Å². The zero-order chi connectivity index (χ0) is 17.9. The maximum Gasteiger partial charge on any atom is 0.204 e. The van der Waals surface area contributed by atoms with Gasteiger partial charge in [0, 0.05) is 0 Å². The van der Waals surface area contributed by atoms with E-state index >= 15 is 0 Å². The number of hydrogen-bond donors (Lipinski definition) is 1. The van der Waals surface area contributed by atoms with Crippen molar-refractivity contribution in [2.75, 3.05) is 5.32 Å². The first-order valence-electron chi connectivity index (χ1n) is 8.73. The molecular formula is C21H20FN3O. The topological polar surface area (TPSA) is 43.0 Å². The molecule has 5 heteroatoms. The molecule has 132 valence electrons. The summed E-state index contributed by atoms with van der Waals surface area (Å²) >= 11 is 0. The van der Waals surface area contributed by atoms with Crippen molar-refractivity contribution >= 4 is 17.0 Å². The lowest BCUT2D eigenvalue weighted by Gasteiger charge is -2.10. The van der Waals surface area contributed by atoms with Gasteiger partial charge in [0.05, 0.1) is 30.4 Å². The molecule has 0 atom stereocenters. The van der Waals surface area contributed by atoms with Crippen LogP contribution in [-0.2, 0) is 19.5 Å². The lowest BCUT2D eigenvalue weighted by atomic mass is 10.1. The first kappa shape index (κ1) is 16.4. The molecule has 2 heterocycles. The van der Waals surface area contributed by atoms with Crippen LogP contribution in [0.2, 0.25) is 0 Å². The SMILES string of the molecule is CCc1ccc2c(c1)nc(NCc1ccco1)n2Cc1ccc(F)cc1. The molecule has 2 aromatic carbocycles. The van der Waals surface area contributed by atoms with Crippen molar-refractivity contribution in [2.45, 2.75) is 26.4 Å². The molecule has 0 radical (unpaired) electrons. The number of benzene rings is 2. The second-order valence-corrected chi connectivity index (χ2v) is 6.26. The lowest BCUT2D eigenvalue weighted by molar-refractivity contribution is 0.517. The number of fused-ring (bicyclic) bond motifs is 1. The normalized spacial score (nSPS) is 11.2. The van der Waals surface area contributed by atoms with Crippen molar-refractivity contribution in [1.82, 2.24) is 9.55 Å². The molecule has 4 aromatic rings. The Balaban J connectivity index is 1.71. The van der Waals surface area contributed by atoms with Crippen LogP contribution in [0.1, 0.15) is 23.8 Å². The number of furan rings is 1. The molecular weight excluding hydrogens is 329 g/mol. The van der Waals surface area contributed by atoms with Gasteiger partial charge in [-0.15, -0.1) is 0 Å². The average Bonchev–Trinajstić information content (AvgIpc) is 3.29. The number of aryl methyl sites for hydroxylation is 1. The molecule has 0 amide bonds. The monoisotopic (exact) mass is 349 g/mol. The van der Waals surface area contributed by atoms with E-state index in [0.717, 1.165) is 34.7 Å². The van der Waals surface area contributed by atoms with Gasteiger partial charge in [-0.2, -0.15) is 0 Å². The summed E-state index contributed by atoms with van der Waals surface area (Å²) in [6.07, 6.45) is 2.63. The molecule has 0 saturated heterocycles. The average molecular weight is 349 g/mol. The highest BCUT2D eigenvalue weighted by molar-refractivity contribution is 5.79. The first-order chi connectivity index (χ1) is 12.7. The predicted octanol–water partition coefficient (Wildman–Crippen LogP) is 4.99. The van der Waals surface area contributed by atoms with Crippen molar-refractivity contribution in [3.8, 4) is 0 Å². The number of aromatic nitrogens is 2. The van der Waals surface area contributed by atoms with Crippen LogP contribution in [0.3, 0.4) is 0 Å². The van der Waals surface area contributed by atoms with E-state index in [9.17, 15) is 4.39 Å². The number of rotatable bonds is 6. The Labute approximate surface area is 151 Å². The summed E-state index contributed by atoms with van der Waals surface area (Å²) in [5, 5.41) is 3.36. The molecule has 2 aromatic heterocycles. The minimum atomic E-state index is -0.229. The number of imidazole rings is 1. The van der Waals surface area contributed by atoms with Gasteiger partial charge in [0.1, 0.15) is 11.6 Å². The molecule has 0 spiro atoms. The molecule has 0 unspecified atom stereocenters. The fourth-order valence-electron chi connectivity index (χ4n) is 3.04. The zero-order valence-corrected chi connectivity index (χ0v) is 14.6. The summed E-state index contributed by atoms with van der Waals surface area (Å²) in [4.78, 5) is 4.77. The first-order valence-corrected chi connectivity index (χ1v) is 8.73. The highest BCUT2D eigenvalue weighted by Gasteiger charge is 2.12. The largest absolute Gasteiger partial charge is 0.467 e. The zero-order valence-electron chi connectivity index (χ0n) is 14.6. The number of hydrogen-bond acceptors (Lipinski definition) is 3. The fourth-order valence-corrected chi connectivity index (χ4v) is 3.04. The standard InChI is InChI=1S/C21H20FN3O/c1-2-15-7-10-20-19(12-15)24-21(23-13-18-4-3-11-26-18)25(20)14-16-5-8-17(22)9-6-16/h3-12H,2,13-14H2,1H3,(H,23,24). The van der Waals surface area contributed by atoms with Gasteiger partial charge in [-0.3, -0.25) is 0 Å². The summed E-state index contributed by atoms with van der Waals surface area (Å²) in [6, 6.07) is 16.7. The lowest BCUT2D eigenvalue weighted by Crippen LogP contribution is -2.08. The Kier molecular flexibility index (Phi) is 4.44. The third-order valence-electron chi connectivity index (χ3n) is 4.48. The maximum absolute atomic E-state index is 13.2. The van der Waals surface area contributed by atoms with Crippen LogP contribution in [-0.4, -0.2) is 9.55 Å². The molecule has 4 nitrogen and oxygen atoms in total. The second-order valence-electron chi connectivity index (χ2n) is 6.26. The Bertz CT molecular complexity index is 1000. The summed E-state index contributed by atoms with van der Waals surface area (Å²) < 4.78 is 20.7. The van der Waals surface area contributed by atoms with Gasteiger partial charge in [0.2, 0.25) is 5.95 Å². The number of anilines is 1. The van der Waals surface area contributed by atoms with E-state index in [-0.39, 0.29) is 5.82 Å². The van der Waals surface area contributed by atoms with Crippen LogP contribution >= 0.6 is 0 Å². The summed E-state index contributed by atoms with van der Waals surface area (Å²) in [6.45, 7) is 3.30. The van der Waals surface area contributed by atoms with Gasteiger partial charge in [-0.1, -0.05) is 25.1 Å². The Morgan fingerprint density at radius 1 is 1.08 bits per heavy atom. The summed E-state index contributed by atoms with van der Waals surface area (Å²) in [7, 11) is 0. The Morgan fingerprint density at radius 2 is 1.88 bits per heavy atom. The van der Waals surface area contributed by atoms with Crippen LogP contribution < -0.4 is 5.32 Å². The third kappa shape index (κ3) is 3.33. The summed E-state index contributed by atoms with van der Waals surface area (Å²) in [5.74, 6) is 1.39. The molecule has 1 N–H and O–H groups in total. The fraction of sp³-hybridized carbons (Fsp3) is 0.190. The van der Waals surface area contributed by atoms with E-state index in [0.29, 0.717) is 13.1 Å². The van der Waals surface area contributed by atoms with Crippen LogP contribution in [0.15, 0.2) is 65.3 Å². The van der Waals surface area contributed by atoms with Gasteiger partial charge in [-0.05, 0) is 53.9 Å². The van der Waals surface area contributed by atoms with Gasteiger partial charge in [-0.25, -0.2) is 9.37 Å². The number of nitrogens with zero attached hydrogens (tertiary/aromatic N) is 2. The van der Waals surface area contributed by atoms with E-state index in [2.05, 4.69) is 35.0 Å². The Morgan fingerprint density at radius 3 is 2.62 bits per heavy atom. The molecule has 0 aliphatic rings. The smallest absolute Gasteiger partial charge is 0.204 e. The van der Waals surface area contributed by atoms with E-state index in [4.69, 9.17) is 9.40 Å². The minimum absolute atomic E-state index is 0.229. The summed E-state index contributed by atoms with van der Waals surface area (Å²) in [5.41, 5.74) is 4.27. The number of nitrogens with one attached hydrogen (secondary N) is 1. The number of halogens is 1. The van der Waals surface area contributed by atoms with Gasteiger partial charge >= 0.3 is 0 Å². The van der Waals surface area contributed by atoms with Crippen molar-refractivity contribution in [1.29, 1.82) is 0 Å². The molecule has 0 aliphatic heterocycles. The molecule has 0 bridgehead atoms. The molecule has 0 aliphatic carbocycles. The van der Waals surface area contributed by atoms with Gasteiger partial charge in [0.15, 0.2) is 0 Å². The van der Waals surface area contributed by atoms with Crippen molar-refractivity contribution in [2.24, 2.45) is 0 Å². The van der Waals surface area contributed by atoms with Crippen molar-refractivity contribution in [3.05, 3.63) is 83.6 Å². The molecule has 0 fully saturated rings. The molecule has 0 saturated carbocycles. The molecule has 4 rings (SSSR count). The third-order valence-corrected chi connectivity index (χ3v) is 4.48. The van der Waals surface area contributed by atoms with E-state index in [1.165, 1.54) is 17.7 Å². The quantitative estimate of drug-likeness (QED) is 0.533. The van der Waals surface area contributed by atoms with Crippen LogP contribution in [0.4, 0.5) is 10.3 Å². The Hall–Kier alpha value is -3.08.